The van der Waals surface area contributed by atoms with Gasteiger partial charge in [0, 0.05) is 18.2 Å². The highest BCUT2D eigenvalue weighted by atomic mass is 32.2. The van der Waals surface area contributed by atoms with Crippen molar-refractivity contribution in [1.82, 2.24) is 10.1 Å². The topological polar surface area (TPSA) is 85.1 Å². The van der Waals surface area contributed by atoms with E-state index in [1.165, 1.54) is 6.26 Å². The van der Waals surface area contributed by atoms with Crippen LogP contribution in [0, 0.1) is 0 Å². The Morgan fingerprint density at radius 3 is 2.68 bits per heavy atom. The zero-order chi connectivity index (χ0) is 14.0. The van der Waals surface area contributed by atoms with Gasteiger partial charge in [0.15, 0.2) is 5.82 Å². The summed E-state index contributed by atoms with van der Waals surface area (Å²) in [5.74, 6) is 0.882. The van der Waals surface area contributed by atoms with E-state index in [0.29, 0.717) is 18.3 Å². The highest BCUT2D eigenvalue weighted by Crippen LogP contribution is 2.26. The van der Waals surface area contributed by atoms with Crippen LogP contribution in [0.15, 0.2) is 4.52 Å². The first kappa shape index (κ1) is 14.3. The highest BCUT2D eigenvalue weighted by Gasteiger charge is 2.29. The van der Waals surface area contributed by atoms with Crippen molar-refractivity contribution in [2.24, 2.45) is 0 Å². The summed E-state index contributed by atoms with van der Waals surface area (Å²) in [4.78, 5) is 4.25. The SMILES string of the molecule is CC(C)c1noc(NC2CCCC(S(C)(=O)=O)C2)n1. The first-order valence-corrected chi connectivity index (χ1v) is 8.60. The van der Waals surface area contributed by atoms with Crippen LogP contribution in [-0.4, -0.2) is 36.1 Å². The fourth-order valence-corrected chi connectivity index (χ4v) is 3.54. The second-order valence-electron chi connectivity index (χ2n) is 5.57. The quantitative estimate of drug-likeness (QED) is 0.911. The van der Waals surface area contributed by atoms with Gasteiger partial charge in [-0.3, -0.25) is 0 Å². The van der Waals surface area contributed by atoms with Crippen molar-refractivity contribution in [3.8, 4) is 0 Å². The van der Waals surface area contributed by atoms with E-state index >= 15 is 0 Å². The number of sulfone groups is 1. The van der Waals surface area contributed by atoms with Crippen LogP contribution in [0.1, 0.15) is 51.3 Å². The largest absolute Gasteiger partial charge is 0.335 e. The molecular formula is C12H21N3O3S. The Kier molecular flexibility index (Phi) is 4.13. The number of nitrogens with zero attached hydrogens (tertiary/aromatic N) is 2. The molecule has 19 heavy (non-hydrogen) atoms. The van der Waals surface area contributed by atoms with Gasteiger partial charge in [-0.25, -0.2) is 8.42 Å². The van der Waals surface area contributed by atoms with Gasteiger partial charge in [-0.15, -0.1) is 0 Å². The van der Waals surface area contributed by atoms with Gasteiger partial charge in [0.25, 0.3) is 0 Å². The molecule has 0 aliphatic heterocycles. The third-order valence-corrected chi connectivity index (χ3v) is 5.16. The molecule has 0 bridgehead atoms. The lowest BCUT2D eigenvalue weighted by Crippen LogP contribution is -2.34. The second kappa shape index (κ2) is 5.48. The Morgan fingerprint density at radius 1 is 1.37 bits per heavy atom. The van der Waals surface area contributed by atoms with Gasteiger partial charge in [-0.05, 0) is 19.3 Å². The van der Waals surface area contributed by atoms with E-state index in [-0.39, 0.29) is 17.2 Å². The van der Waals surface area contributed by atoms with Gasteiger partial charge in [0.05, 0.1) is 5.25 Å². The summed E-state index contributed by atoms with van der Waals surface area (Å²) < 4.78 is 28.3. The minimum Gasteiger partial charge on any atom is -0.335 e. The monoisotopic (exact) mass is 287 g/mol. The maximum absolute atomic E-state index is 11.6. The van der Waals surface area contributed by atoms with Crippen molar-refractivity contribution in [2.45, 2.75) is 56.7 Å². The normalized spacial score (nSPS) is 24.6. The van der Waals surface area contributed by atoms with E-state index in [1.807, 2.05) is 13.8 Å². The molecule has 7 heteroatoms. The summed E-state index contributed by atoms with van der Waals surface area (Å²) in [6.07, 6.45) is 4.51. The van der Waals surface area contributed by atoms with Gasteiger partial charge in [0.2, 0.25) is 0 Å². The van der Waals surface area contributed by atoms with Crippen LogP contribution >= 0.6 is 0 Å². The van der Waals surface area contributed by atoms with E-state index in [4.69, 9.17) is 4.52 Å². The third-order valence-electron chi connectivity index (χ3n) is 3.52. The molecule has 2 unspecified atom stereocenters. The third kappa shape index (κ3) is 3.68. The van der Waals surface area contributed by atoms with Crippen molar-refractivity contribution >= 4 is 15.9 Å². The van der Waals surface area contributed by atoms with Crippen molar-refractivity contribution in [1.29, 1.82) is 0 Å². The van der Waals surface area contributed by atoms with Crippen LogP contribution in [0.2, 0.25) is 0 Å². The summed E-state index contributed by atoms with van der Waals surface area (Å²) in [6, 6.07) is 0.483. The maximum Gasteiger partial charge on any atom is 0.321 e. The molecule has 1 aromatic heterocycles. The zero-order valence-electron chi connectivity index (χ0n) is 11.6. The summed E-state index contributed by atoms with van der Waals surface area (Å²) in [5.41, 5.74) is 0. The number of hydrogen-bond donors (Lipinski definition) is 1. The highest BCUT2D eigenvalue weighted by molar-refractivity contribution is 7.91. The average molecular weight is 287 g/mol. The van der Waals surface area contributed by atoms with E-state index in [0.717, 1.165) is 19.3 Å². The molecule has 2 rings (SSSR count). The smallest absolute Gasteiger partial charge is 0.321 e. The molecule has 0 saturated heterocycles. The molecule has 108 valence electrons. The molecule has 0 amide bonds. The molecular weight excluding hydrogens is 266 g/mol. The first-order chi connectivity index (χ1) is 8.86. The lowest BCUT2D eigenvalue weighted by Gasteiger charge is -2.27. The lowest BCUT2D eigenvalue weighted by molar-refractivity contribution is 0.399. The number of nitrogens with one attached hydrogen (secondary N) is 1. The minimum atomic E-state index is -2.97. The molecule has 1 N–H and O–H groups in total. The van der Waals surface area contributed by atoms with Crippen molar-refractivity contribution < 1.29 is 12.9 Å². The summed E-state index contributed by atoms with van der Waals surface area (Å²) in [5, 5.41) is 6.78. The molecule has 1 heterocycles. The van der Waals surface area contributed by atoms with Gasteiger partial charge in [0.1, 0.15) is 9.84 Å². The Hall–Kier alpha value is -1.11. The van der Waals surface area contributed by atoms with E-state index in [2.05, 4.69) is 15.5 Å². The molecule has 2 atom stereocenters. The average Bonchev–Trinajstić information content (AvgIpc) is 2.77. The number of anilines is 1. The first-order valence-electron chi connectivity index (χ1n) is 6.65. The van der Waals surface area contributed by atoms with Gasteiger partial charge in [-0.2, -0.15) is 4.98 Å². The summed E-state index contributed by atoms with van der Waals surface area (Å²) in [6.45, 7) is 3.99. The van der Waals surface area contributed by atoms with Crippen LogP contribution in [-0.2, 0) is 9.84 Å². The summed E-state index contributed by atoms with van der Waals surface area (Å²) >= 11 is 0. The Morgan fingerprint density at radius 2 is 2.11 bits per heavy atom. The number of hydrogen-bond acceptors (Lipinski definition) is 6. The predicted molar refractivity (Wildman–Crippen MR) is 72.9 cm³/mol. The van der Waals surface area contributed by atoms with Crippen molar-refractivity contribution in [2.75, 3.05) is 11.6 Å². The van der Waals surface area contributed by atoms with Crippen LogP contribution in [0.25, 0.3) is 0 Å². The van der Waals surface area contributed by atoms with Crippen molar-refractivity contribution in [3.63, 3.8) is 0 Å². The predicted octanol–water partition coefficient (Wildman–Crippen LogP) is 1.96. The van der Waals surface area contributed by atoms with Crippen LogP contribution < -0.4 is 5.32 Å². The second-order valence-corrected chi connectivity index (χ2v) is 7.90. The van der Waals surface area contributed by atoms with Gasteiger partial charge >= 0.3 is 6.01 Å². The van der Waals surface area contributed by atoms with E-state index in [1.54, 1.807) is 0 Å². The van der Waals surface area contributed by atoms with Crippen molar-refractivity contribution in [3.05, 3.63) is 5.82 Å². The molecule has 0 spiro atoms. The lowest BCUT2D eigenvalue weighted by atomic mass is 9.95. The van der Waals surface area contributed by atoms with E-state index in [9.17, 15) is 8.42 Å². The standard InChI is InChI=1S/C12H21N3O3S/c1-8(2)11-14-12(18-15-11)13-9-5-4-6-10(7-9)19(3,16)17/h8-10H,4-7H2,1-3H3,(H,13,14,15). The number of rotatable bonds is 4. The molecule has 1 aliphatic carbocycles. The fourth-order valence-electron chi connectivity index (χ4n) is 2.37. The molecule has 6 nitrogen and oxygen atoms in total. The molecule has 0 radical (unpaired) electrons. The van der Waals surface area contributed by atoms with Crippen LogP contribution in [0.4, 0.5) is 6.01 Å². The maximum atomic E-state index is 11.6. The Balaban J connectivity index is 1.98. The zero-order valence-corrected chi connectivity index (χ0v) is 12.4. The molecule has 0 aromatic carbocycles. The summed E-state index contributed by atoms with van der Waals surface area (Å²) in [7, 11) is -2.97. The molecule has 1 aromatic rings. The van der Waals surface area contributed by atoms with Gasteiger partial charge < -0.3 is 9.84 Å². The molecule has 1 fully saturated rings. The molecule has 1 aliphatic rings. The Bertz CT molecular complexity index is 524. The Labute approximate surface area is 113 Å². The van der Waals surface area contributed by atoms with E-state index < -0.39 is 9.84 Å². The minimum absolute atomic E-state index is 0.0916. The molecule has 1 saturated carbocycles. The van der Waals surface area contributed by atoms with Crippen LogP contribution in [0.5, 0.6) is 0 Å². The fraction of sp³-hybridized carbons (Fsp3) is 0.833. The number of aromatic nitrogens is 2. The van der Waals surface area contributed by atoms with Gasteiger partial charge in [-0.1, -0.05) is 25.4 Å². The van der Waals surface area contributed by atoms with Crippen LogP contribution in [0.3, 0.4) is 0 Å².